The fourth-order valence-corrected chi connectivity index (χ4v) is 4.21. The molecule has 0 spiro atoms. The Hall–Kier alpha value is -2.06. The number of alkyl halides is 4. The van der Waals surface area contributed by atoms with Crippen molar-refractivity contribution in [2.45, 2.75) is 31.1 Å². The van der Waals surface area contributed by atoms with E-state index in [4.69, 9.17) is 0 Å². The van der Waals surface area contributed by atoms with Crippen molar-refractivity contribution in [1.82, 2.24) is 9.88 Å². The number of benzene rings is 1. The largest absolute Gasteiger partial charge is 0.417 e. The molecule has 1 aromatic heterocycles. The van der Waals surface area contributed by atoms with Crippen LogP contribution in [-0.4, -0.2) is 47.1 Å². The lowest BCUT2D eigenvalue weighted by Crippen LogP contribution is -2.29. The highest BCUT2D eigenvalue weighted by Gasteiger charge is 2.35. The van der Waals surface area contributed by atoms with Gasteiger partial charge in [0, 0.05) is 28.9 Å². The third-order valence-corrected chi connectivity index (χ3v) is 6.03. The van der Waals surface area contributed by atoms with Gasteiger partial charge in [-0.1, -0.05) is 24.8 Å². The molecule has 1 aliphatic rings. The van der Waals surface area contributed by atoms with Crippen LogP contribution in [0.25, 0.3) is 22.4 Å². The van der Waals surface area contributed by atoms with E-state index in [0.717, 1.165) is 6.54 Å². The molecule has 3 rings (SSSR count). The molecule has 0 saturated carbocycles. The maximum atomic E-state index is 14.6. The van der Waals surface area contributed by atoms with Crippen LogP contribution in [0.3, 0.4) is 0 Å². The number of anilines is 1. The van der Waals surface area contributed by atoms with Crippen LogP contribution >= 0.6 is 11.8 Å². The van der Waals surface area contributed by atoms with Gasteiger partial charge in [0.05, 0.1) is 23.0 Å². The standard InChI is InChI=1S/C21H23F4N3S/c1-4-6-14-11-16-15(19(26-14)13(2)21(23,24)25)7-5-8-17(16)27-18-9-10-28(3)12-29-20(18)22/h4-8,11,18,20,27H,2,9-10,12H2,1,3H3/b6-4+/t18-,20+/m1/s1. The number of hydrogen-bond donors (Lipinski definition) is 1. The molecule has 3 nitrogen and oxygen atoms in total. The lowest BCUT2D eigenvalue weighted by atomic mass is 10.0. The average Bonchev–Trinajstić information content (AvgIpc) is 2.82. The molecule has 8 heteroatoms. The first-order chi connectivity index (χ1) is 13.7. The molecule has 1 fully saturated rings. The van der Waals surface area contributed by atoms with Crippen molar-refractivity contribution in [1.29, 1.82) is 0 Å². The van der Waals surface area contributed by atoms with Gasteiger partial charge in [-0.05, 0) is 38.6 Å². The molecule has 2 atom stereocenters. The van der Waals surface area contributed by atoms with E-state index in [9.17, 15) is 17.6 Å². The summed E-state index contributed by atoms with van der Waals surface area (Å²) in [5, 5.41) is 4.12. The molecule has 29 heavy (non-hydrogen) atoms. The smallest absolute Gasteiger partial charge is 0.378 e. The number of nitrogens with zero attached hydrogens (tertiary/aromatic N) is 2. The summed E-state index contributed by atoms with van der Waals surface area (Å²) in [5.74, 6) is 0.597. The molecule has 1 aromatic carbocycles. The summed E-state index contributed by atoms with van der Waals surface area (Å²) in [6.07, 6.45) is -0.655. The van der Waals surface area contributed by atoms with Crippen molar-refractivity contribution in [3.05, 3.63) is 48.3 Å². The van der Waals surface area contributed by atoms with Crippen molar-refractivity contribution in [3.8, 4) is 0 Å². The number of halogens is 4. The molecular weight excluding hydrogens is 402 g/mol. The predicted molar refractivity (Wildman–Crippen MR) is 114 cm³/mol. The van der Waals surface area contributed by atoms with Crippen LogP contribution in [0.15, 0.2) is 36.9 Å². The first kappa shape index (κ1) is 21.6. The number of aromatic nitrogens is 1. The minimum absolute atomic E-state index is 0.210. The molecule has 1 N–H and O–H groups in total. The topological polar surface area (TPSA) is 28.2 Å². The Morgan fingerprint density at radius 3 is 2.79 bits per heavy atom. The first-order valence-corrected chi connectivity index (χ1v) is 10.3. The number of allylic oxidation sites excluding steroid dienone is 2. The maximum Gasteiger partial charge on any atom is 0.417 e. The summed E-state index contributed by atoms with van der Waals surface area (Å²) in [7, 11) is 1.93. The zero-order chi connectivity index (χ0) is 21.2. The van der Waals surface area contributed by atoms with E-state index < -0.39 is 23.3 Å². The van der Waals surface area contributed by atoms with Crippen molar-refractivity contribution in [2.75, 3.05) is 24.8 Å². The van der Waals surface area contributed by atoms with E-state index in [1.165, 1.54) is 11.8 Å². The van der Waals surface area contributed by atoms with Crippen LogP contribution in [0.5, 0.6) is 0 Å². The summed E-state index contributed by atoms with van der Waals surface area (Å²) in [4.78, 5) is 6.21. The fourth-order valence-electron chi connectivity index (χ4n) is 3.25. The Labute approximate surface area is 171 Å². The molecular formula is C21H23F4N3S. The van der Waals surface area contributed by atoms with Crippen molar-refractivity contribution in [3.63, 3.8) is 0 Å². The SMILES string of the molecule is C=C(c1nc(/C=C/C)cc2c(N[C@@H]3CCN(C)CS[C@@H]3F)cccc12)C(F)(F)F. The number of nitrogens with one attached hydrogen (secondary N) is 1. The Morgan fingerprint density at radius 2 is 2.10 bits per heavy atom. The Kier molecular flexibility index (Phi) is 6.53. The lowest BCUT2D eigenvalue weighted by molar-refractivity contribution is -0.0688. The Morgan fingerprint density at radius 1 is 1.34 bits per heavy atom. The van der Waals surface area contributed by atoms with Crippen LogP contribution in [0.1, 0.15) is 24.7 Å². The number of thioether (sulfide) groups is 1. The molecule has 2 heterocycles. The van der Waals surface area contributed by atoms with Gasteiger partial charge in [-0.3, -0.25) is 4.90 Å². The molecule has 156 valence electrons. The lowest BCUT2D eigenvalue weighted by Gasteiger charge is -2.22. The van der Waals surface area contributed by atoms with Crippen LogP contribution < -0.4 is 5.32 Å². The van der Waals surface area contributed by atoms with E-state index in [1.807, 2.05) is 11.9 Å². The Bertz CT molecular complexity index is 926. The number of pyridine rings is 1. The third kappa shape index (κ3) is 4.93. The monoisotopic (exact) mass is 425 g/mol. The highest BCUT2D eigenvalue weighted by molar-refractivity contribution is 7.99. The third-order valence-electron chi connectivity index (χ3n) is 4.79. The molecule has 0 bridgehead atoms. The van der Waals surface area contributed by atoms with E-state index in [1.54, 1.807) is 43.3 Å². The molecule has 1 aliphatic heterocycles. The highest BCUT2D eigenvalue weighted by Crippen LogP contribution is 2.38. The van der Waals surface area contributed by atoms with Gasteiger partial charge in [-0.25, -0.2) is 9.37 Å². The van der Waals surface area contributed by atoms with Crippen molar-refractivity contribution >= 4 is 39.9 Å². The zero-order valence-electron chi connectivity index (χ0n) is 16.3. The molecule has 0 amide bonds. The van der Waals surface area contributed by atoms with Crippen LogP contribution in [0, 0.1) is 0 Å². The predicted octanol–water partition coefficient (Wildman–Crippen LogP) is 5.95. The van der Waals surface area contributed by atoms with Gasteiger partial charge in [-0.15, -0.1) is 11.8 Å². The van der Waals surface area contributed by atoms with Gasteiger partial charge in [0.1, 0.15) is 0 Å². The van der Waals surface area contributed by atoms with Crippen LogP contribution in [0.4, 0.5) is 23.2 Å². The number of fused-ring (bicyclic) bond motifs is 1. The summed E-state index contributed by atoms with van der Waals surface area (Å²) in [6.45, 7) is 5.72. The second-order valence-electron chi connectivity index (χ2n) is 7.04. The van der Waals surface area contributed by atoms with Crippen LogP contribution in [0.2, 0.25) is 0 Å². The summed E-state index contributed by atoms with van der Waals surface area (Å²) in [5.41, 5.74) is -1.35. The van der Waals surface area contributed by atoms with E-state index in [-0.39, 0.29) is 5.69 Å². The van der Waals surface area contributed by atoms with Crippen molar-refractivity contribution in [2.24, 2.45) is 0 Å². The summed E-state index contributed by atoms with van der Waals surface area (Å²) < 4.78 is 54.7. The maximum absolute atomic E-state index is 14.6. The average molecular weight is 425 g/mol. The Balaban J connectivity index is 2.09. The number of hydrogen-bond acceptors (Lipinski definition) is 4. The molecule has 0 radical (unpaired) electrons. The molecule has 0 aliphatic carbocycles. The van der Waals surface area contributed by atoms with Gasteiger partial charge < -0.3 is 5.32 Å². The molecule has 2 aromatic rings. The van der Waals surface area contributed by atoms with E-state index in [2.05, 4.69) is 16.9 Å². The van der Waals surface area contributed by atoms with Gasteiger partial charge in [0.15, 0.2) is 5.50 Å². The van der Waals surface area contributed by atoms with Gasteiger partial charge in [-0.2, -0.15) is 13.2 Å². The summed E-state index contributed by atoms with van der Waals surface area (Å²) >= 11 is 1.21. The second-order valence-corrected chi connectivity index (χ2v) is 8.08. The normalized spacial score (nSPS) is 21.4. The molecule has 1 saturated heterocycles. The van der Waals surface area contributed by atoms with E-state index >= 15 is 0 Å². The quantitative estimate of drug-likeness (QED) is 0.613. The van der Waals surface area contributed by atoms with Crippen molar-refractivity contribution < 1.29 is 17.6 Å². The molecule has 0 unspecified atom stereocenters. The number of rotatable bonds is 4. The zero-order valence-corrected chi connectivity index (χ0v) is 17.1. The van der Waals surface area contributed by atoms with Gasteiger partial charge in [0.2, 0.25) is 0 Å². The first-order valence-electron chi connectivity index (χ1n) is 9.24. The van der Waals surface area contributed by atoms with Crippen LogP contribution in [-0.2, 0) is 0 Å². The highest BCUT2D eigenvalue weighted by atomic mass is 32.2. The van der Waals surface area contributed by atoms with E-state index in [0.29, 0.717) is 34.5 Å². The second kappa shape index (κ2) is 8.75. The minimum atomic E-state index is -4.59. The minimum Gasteiger partial charge on any atom is -0.378 e. The summed E-state index contributed by atoms with van der Waals surface area (Å²) in [6, 6.07) is 6.27. The fraction of sp³-hybridized carbons (Fsp3) is 0.381. The van der Waals surface area contributed by atoms with Gasteiger partial charge >= 0.3 is 6.18 Å². The van der Waals surface area contributed by atoms with Gasteiger partial charge in [0.25, 0.3) is 0 Å².